The lowest BCUT2D eigenvalue weighted by Crippen LogP contribution is -2.26. The maximum absolute atomic E-state index is 12.1. The minimum atomic E-state index is -0.0244. The molecule has 7 heteroatoms. The average molecular weight is 336 g/mol. The van der Waals surface area contributed by atoms with Crippen LogP contribution in [0.15, 0.2) is 5.38 Å². The minimum absolute atomic E-state index is 0.0244. The molecule has 3 N–H and O–H groups in total. The van der Waals surface area contributed by atoms with Crippen molar-refractivity contribution >= 4 is 33.7 Å². The molecule has 2 heterocycles. The zero-order chi connectivity index (χ0) is 15.5. The predicted octanol–water partition coefficient (Wildman–Crippen LogP) is 2.87. The zero-order valence-corrected chi connectivity index (χ0v) is 14.2. The SMILES string of the molecule is CC(NC(=O)CCc1csc(N)n1)c1nc2c(s1)CCCC2. The molecule has 1 amide bonds. The molecule has 0 saturated carbocycles. The summed E-state index contributed by atoms with van der Waals surface area (Å²) in [6.45, 7) is 2.00. The summed E-state index contributed by atoms with van der Waals surface area (Å²) in [5, 5.41) is 6.52. The molecule has 2 aromatic heterocycles. The molecule has 1 atom stereocenters. The molecule has 2 aromatic rings. The van der Waals surface area contributed by atoms with Crippen molar-refractivity contribution in [1.82, 2.24) is 15.3 Å². The third kappa shape index (κ3) is 3.64. The molecule has 0 radical (unpaired) electrons. The van der Waals surface area contributed by atoms with Gasteiger partial charge < -0.3 is 11.1 Å². The number of amides is 1. The van der Waals surface area contributed by atoms with E-state index in [4.69, 9.17) is 10.7 Å². The first-order chi connectivity index (χ1) is 10.6. The quantitative estimate of drug-likeness (QED) is 0.880. The minimum Gasteiger partial charge on any atom is -0.375 e. The number of aromatic nitrogens is 2. The van der Waals surface area contributed by atoms with Crippen molar-refractivity contribution in [3.63, 3.8) is 0 Å². The summed E-state index contributed by atoms with van der Waals surface area (Å²) in [5.41, 5.74) is 7.71. The van der Waals surface area contributed by atoms with Gasteiger partial charge in [-0.2, -0.15) is 0 Å². The highest BCUT2D eigenvalue weighted by Gasteiger charge is 2.19. The number of hydrogen-bond donors (Lipinski definition) is 2. The van der Waals surface area contributed by atoms with E-state index in [1.54, 1.807) is 11.3 Å². The van der Waals surface area contributed by atoms with E-state index in [1.807, 2.05) is 12.3 Å². The van der Waals surface area contributed by atoms with Gasteiger partial charge in [0.15, 0.2) is 5.13 Å². The van der Waals surface area contributed by atoms with E-state index < -0.39 is 0 Å². The molecule has 1 unspecified atom stereocenters. The highest BCUT2D eigenvalue weighted by Crippen LogP contribution is 2.29. The van der Waals surface area contributed by atoms with E-state index in [1.165, 1.54) is 34.7 Å². The summed E-state index contributed by atoms with van der Waals surface area (Å²) >= 11 is 3.16. The van der Waals surface area contributed by atoms with Gasteiger partial charge in [0.05, 0.1) is 17.4 Å². The lowest BCUT2D eigenvalue weighted by Gasteiger charge is -2.10. The van der Waals surface area contributed by atoms with Crippen molar-refractivity contribution in [3.8, 4) is 0 Å². The molecule has 5 nitrogen and oxygen atoms in total. The van der Waals surface area contributed by atoms with Gasteiger partial charge in [0.2, 0.25) is 5.91 Å². The van der Waals surface area contributed by atoms with E-state index in [-0.39, 0.29) is 11.9 Å². The van der Waals surface area contributed by atoms with Gasteiger partial charge in [0, 0.05) is 16.7 Å². The van der Waals surface area contributed by atoms with Gasteiger partial charge in [-0.25, -0.2) is 9.97 Å². The summed E-state index contributed by atoms with van der Waals surface area (Å²) < 4.78 is 0. The fourth-order valence-electron chi connectivity index (χ4n) is 2.61. The number of rotatable bonds is 5. The van der Waals surface area contributed by atoms with Gasteiger partial charge in [-0.3, -0.25) is 4.79 Å². The maximum Gasteiger partial charge on any atom is 0.220 e. The Morgan fingerprint density at radius 1 is 1.41 bits per heavy atom. The Kier molecular flexibility index (Phi) is 4.73. The Morgan fingerprint density at radius 3 is 2.95 bits per heavy atom. The summed E-state index contributed by atoms with van der Waals surface area (Å²) in [6, 6.07) is -0.0244. The molecule has 22 heavy (non-hydrogen) atoms. The van der Waals surface area contributed by atoms with Gasteiger partial charge in [-0.1, -0.05) is 0 Å². The Balaban J connectivity index is 1.53. The third-order valence-electron chi connectivity index (χ3n) is 3.79. The van der Waals surface area contributed by atoms with E-state index >= 15 is 0 Å². The second-order valence-electron chi connectivity index (χ2n) is 5.60. The summed E-state index contributed by atoms with van der Waals surface area (Å²) in [4.78, 5) is 22.3. The van der Waals surface area contributed by atoms with Crippen LogP contribution in [0.1, 0.15) is 53.5 Å². The smallest absolute Gasteiger partial charge is 0.220 e. The Bertz CT molecular complexity index is 641. The van der Waals surface area contributed by atoms with Crippen LogP contribution in [0.4, 0.5) is 5.13 Å². The van der Waals surface area contributed by atoms with Crippen LogP contribution in [0.3, 0.4) is 0 Å². The van der Waals surface area contributed by atoms with Gasteiger partial charge in [0.25, 0.3) is 0 Å². The predicted molar refractivity (Wildman–Crippen MR) is 90.2 cm³/mol. The first kappa shape index (κ1) is 15.4. The van der Waals surface area contributed by atoms with Crippen molar-refractivity contribution in [2.75, 3.05) is 5.73 Å². The number of anilines is 1. The Labute approximate surface area is 138 Å². The van der Waals surface area contributed by atoms with Crippen molar-refractivity contribution in [2.24, 2.45) is 0 Å². The van der Waals surface area contributed by atoms with Crippen LogP contribution in [0.2, 0.25) is 0 Å². The van der Waals surface area contributed by atoms with Gasteiger partial charge in [-0.15, -0.1) is 22.7 Å². The highest BCUT2D eigenvalue weighted by atomic mass is 32.1. The van der Waals surface area contributed by atoms with Crippen LogP contribution in [0, 0.1) is 0 Å². The molecule has 0 aromatic carbocycles. The molecule has 0 spiro atoms. The molecule has 1 aliphatic rings. The first-order valence-corrected chi connectivity index (χ1v) is 9.29. The van der Waals surface area contributed by atoms with Crippen molar-refractivity contribution < 1.29 is 4.79 Å². The van der Waals surface area contributed by atoms with Gasteiger partial charge in [0.1, 0.15) is 5.01 Å². The van der Waals surface area contributed by atoms with E-state index in [0.29, 0.717) is 18.0 Å². The number of thiazole rings is 2. The lowest BCUT2D eigenvalue weighted by atomic mass is 10.0. The Morgan fingerprint density at radius 2 is 2.23 bits per heavy atom. The number of carbonyl (C=O) groups is 1. The number of nitrogens with one attached hydrogen (secondary N) is 1. The van der Waals surface area contributed by atoms with Crippen LogP contribution in [0.5, 0.6) is 0 Å². The second-order valence-corrected chi connectivity index (χ2v) is 7.60. The number of carbonyl (C=O) groups excluding carboxylic acids is 1. The molecule has 0 bridgehead atoms. The topological polar surface area (TPSA) is 80.9 Å². The molecule has 0 fully saturated rings. The maximum atomic E-state index is 12.1. The largest absolute Gasteiger partial charge is 0.375 e. The Hall–Kier alpha value is -1.47. The fraction of sp³-hybridized carbons (Fsp3) is 0.533. The van der Waals surface area contributed by atoms with Gasteiger partial charge in [-0.05, 0) is 39.0 Å². The lowest BCUT2D eigenvalue weighted by molar-refractivity contribution is -0.121. The van der Waals surface area contributed by atoms with Crippen LogP contribution in [-0.2, 0) is 24.1 Å². The highest BCUT2D eigenvalue weighted by molar-refractivity contribution is 7.13. The number of nitrogen functional groups attached to an aromatic ring is 1. The van der Waals surface area contributed by atoms with Crippen LogP contribution in [-0.4, -0.2) is 15.9 Å². The first-order valence-electron chi connectivity index (χ1n) is 7.59. The molecular weight excluding hydrogens is 316 g/mol. The monoisotopic (exact) mass is 336 g/mol. The fourth-order valence-corrected chi connectivity index (χ4v) is 4.36. The van der Waals surface area contributed by atoms with Gasteiger partial charge >= 0.3 is 0 Å². The van der Waals surface area contributed by atoms with Crippen molar-refractivity contribution in [3.05, 3.63) is 26.7 Å². The normalized spacial score (nSPS) is 15.3. The van der Waals surface area contributed by atoms with Crippen LogP contribution in [0.25, 0.3) is 0 Å². The number of nitrogens with two attached hydrogens (primary N) is 1. The second kappa shape index (κ2) is 6.75. The molecule has 1 aliphatic carbocycles. The summed E-state index contributed by atoms with van der Waals surface area (Å²) in [5.74, 6) is 0.0345. The summed E-state index contributed by atoms with van der Waals surface area (Å²) in [6.07, 6.45) is 5.76. The average Bonchev–Trinajstić information content (AvgIpc) is 3.11. The van der Waals surface area contributed by atoms with Crippen LogP contribution >= 0.6 is 22.7 Å². The molecule has 118 valence electrons. The van der Waals surface area contributed by atoms with Crippen molar-refractivity contribution in [2.45, 2.75) is 51.5 Å². The van der Waals surface area contributed by atoms with E-state index in [2.05, 4.69) is 10.3 Å². The number of fused-ring (bicyclic) bond motifs is 1. The molecule has 0 aliphatic heterocycles. The van der Waals surface area contributed by atoms with Crippen LogP contribution < -0.4 is 11.1 Å². The summed E-state index contributed by atoms with van der Waals surface area (Å²) in [7, 11) is 0. The number of hydrogen-bond acceptors (Lipinski definition) is 6. The number of nitrogens with zero attached hydrogens (tertiary/aromatic N) is 2. The zero-order valence-electron chi connectivity index (χ0n) is 12.6. The van der Waals surface area contributed by atoms with Crippen molar-refractivity contribution in [1.29, 1.82) is 0 Å². The van der Waals surface area contributed by atoms with E-state index in [0.717, 1.165) is 23.5 Å². The van der Waals surface area contributed by atoms with E-state index in [9.17, 15) is 4.79 Å². The third-order valence-corrected chi connectivity index (χ3v) is 5.85. The molecule has 3 rings (SSSR count). The number of aryl methyl sites for hydroxylation is 3. The molecular formula is C15H20N4OS2. The standard InChI is InChI=1S/C15H20N4OS2/c1-9(14-19-11-4-2-3-5-12(11)22-14)17-13(20)7-6-10-8-21-15(16)18-10/h8-9H,2-7H2,1H3,(H2,16,18)(H,17,20). The molecule has 0 saturated heterocycles.